The van der Waals surface area contributed by atoms with Gasteiger partial charge >= 0.3 is 0 Å². The van der Waals surface area contributed by atoms with Gasteiger partial charge in [-0.1, -0.05) is 54.6 Å². The zero-order chi connectivity index (χ0) is 17.2. The monoisotopic (exact) mass is 344 g/mol. The molecule has 3 rings (SSSR count). The lowest BCUT2D eigenvalue weighted by Crippen LogP contribution is -2.40. The van der Waals surface area contributed by atoms with Gasteiger partial charge in [-0.2, -0.15) is 4.31 Å². The summed E-state index contributed by atoms with van der Waals surface area (Å²) in [7, 11) is -1.22. The predicted octanol–water partition coefficient (Wildman–Crippen LogP) is 2.82. The number of hydrogen-bond donors (Lipinski definition) is 0. The Bertz CT molecular complexity index is 790. The van der Waals surface area contributed by atoms with E-state index >= 15 is 0 Å². The van der Waals surface area contributed by atoms with Crippen LogP contribution in [0.25, 0.3) is 11.1 Å². The SMILES string of the molecule is CN1CC[C@H](N(Cc2ccccc2-c2ccccc2)S(C)(=O)=O)C1. The molecule has 24 heavy (non-hydrogen) atoms. The van der Waals surface area contributed by atoms with Crippen molar-refractivity contribution in [3.8, 4) is 11.1 Å². The van der Waals surface area contributed by atoms with Gasteiger partial charge in [0.15, 0.2) is 0 Å². The second-order valence-corrected chi connectivity index (χ2v) is 8.47. The van der Waals surface area contributed by atoms with Gasteiger partial charge < -0.3 is 4.90 Å². The fourth-order valence-corrected chi connectivity index (χ4v) is 4.48. The molecule has 0 bridgehead atoms. The Hall–Kier alpha value is -1.69. The first-order valence-corrected chi connectivity index (χ1v) is 10.1. The second kappa shape index (κ2) is 7.05. The van der Waals surface area contributed by atoms with Crippen molar-refractivity contribution in [1.82, 2.24) is 9.21 Å². The number of nitrogens with zero attached hydrogens (tertiary/aromatic N) is 2. The summed E-state index contributed by atoms with van der Waals surface area (Å²) in [5.41, 5.74) is 3.26. The van der Waals surface area contributed by atoms with E-state index in [2.05, 4.69) is 23.1 Å². The molecule has 1 fully saturated rings. The standard InChI is InChI=1S/C19H24N2O2S/c1-20-13-12-18(15-20)21(24(2,22)23)14-17-10-6-7-11-19(17)16-8-4-3-5-9-16/h3-11,18H,12-15H2,1-2H3/t18-/m0/s1. The zero-order valence-electron chi connectivity index (χ0n) is 14.2. The Morgan fingerprint density at radius 2 is 1.75 bits per heavy atom. The molecule has 1 aliphatic rings. The van der Waals surface area contributed by atoms with Gasteiger partial charge in [0.1, 0.15) is 0 Å². The summed E-state index contributed by atoms with van der Waals surface area (Å²) in [6, 6.07) is 18.2. The van der Waals surface area contributed by atoms with Crippen LogP contribution in [0, 0.1) is 0 Å². The van der Waals surface area contributed by atoms with E-state index in [1.165, 1.54) is 6.26 Å². The third kappa shape index (κ3) is 3.86. The molecule has 0 unspecified atom stereocenters. The van der Waals surface area contributed by atoms with Gasteiger partial charge in [0.05, 0.1) is 6.26 Å². The van der Waals surface area contributed by atoms with E-state index in [0.717, 1.165) is 36.2 Å². The molecule has 128 valence electrons. The largest absolute Gasteiger partial charge is 0.305 e. The first-order valence-electron chi connectivity index (χ1n) is 8.24. The lowest BCUT2D eigenvalue weighted by Gasteiger charge is -2.27. The summed E-state index contributed by atoms with van der Waals surface area (Å²) in [5, 5.41) is 0. The normalized spacial score (nSPS) is 19.0. The molecule has 0 N–H and O–H groups in total. The van der Waals surface area contributed by atoms with Gasteiger partial charge in [-0.3, -0.25) is 0 Å². The molecule has 5 heteroatoms. The zero-order valence-corrected chi connectivity index (χ0v) is 15.0. The van der Waals surface area contributed by atoms with Crippen molar-refractivity contribution < 1.29 is 8.42 Å². The Kier molecular flexibility index (Phi) is 5.04. The number of hydrogen-bond acceptors (Lipinski definition) is 3. The van der Waals surface area contributed by atoms with E-state index in [0.29, 0.717) is 6.54 Å². The van der Waals surface area contributed by atoms with Crippen LogP contribution >= 0.6 is 0 Å². The molecule has 0 radical (unpaired) electrons. The summed E-state index contributed by atoms with van der Waals surface area (Å²) in [5.74, 6) is 0. The molecule has 1 atom stereocenters. The highest BCUT2D eigenvalue weighted by atomic mass is 32.2. The first-order chi connectivity index (χ1) is 11.4. The molecule has 2 aromatic rings. The van der Waals surface area contributed by atoms with Crippen LogP contribution in [-0.4, -0.2) is 50.1 Å². The number of likely N-dealkylation sites (tertiary alicyclic amines) is 1. The van der Waals surface area contributed by atoms with Crippen molar-refractivity contribution in [1.29, 1.82) is 0 Å². The first kappa shape index (κ1) is 17.1. The highest BCUT2D eigenvalue weighted by molar-refractivity contribution is 7.88. The summed E-state index contributed by atoms with van der Waals surface area (Å²) < 4.78 is 26.4. The third-order valence-electron chi connectivity index (χ3n) is 4.63. The number of rotatable bonds is 5. The van der Waals surface area contributed by atoms with Gasteiger partial charge in [-0.05, 0) is 36.7 Å². The highest BCUT2D eigenvalue weighted by Crippen LogP contribution is 2.27. The van der Waals surface area contributed by atoms with Crippen LogP contribution in [0.1, 0.15) is 12.0 Å². The molecule has 0 saturated carbocycles. The molecule has 0 aromatic heterocycles. The molecule has 0 aliphatic carbocycles. The third-order valence-corrected chi connectivity index (χ3v) is 5.91. The molecule has 1 heterocycles. The van der Waals surface area contributed by atoms with E-state index in [9.17, 15) is 8.42 Å². The molecule has 0 spiro atoms. The second-order valence-electron chi connectivity index (χ2n) is 6.54. The van der Waals surface area contributed by atoms with Crippen molar-refractivity contribution in [2.75, 3.05) is 26.4 Å². The van der Waals surface area contributed by atoms with Gasteiger partial charge in [-0.25, -0.2) is 8.42 Å². The molecule has 1 aliphatic heterocycles. The summed E-state index contributed by atoms with van der Waals surface area (Å²) in [4.78, 5) is 2.19. The predicted molar refractivity (Wildman–Crippen MR) is 98.2 cm³/mol. The quantitative estimate of drug-likeness (QED) is 0.837. The fourth-order valence-electron chi connectivity index (χ4n) is 3.39. The van der Waals surface area contributed by atoms with E-state index in [4.69, 9.17) is 0 Å². The molecular weight excluding hydrogens is 320 g/mol. The van der Waals surface area contributed by atoms with Crippen LogP contribution in [0.3, 0.4) is 0 Å². The maximum Gasteiger partial charge on any atom is 0.211 e. The lowest BCUT2D eigenvalue weighted by molar-refractivity contribution is 0.306. The van der Waals surface area contributed by atoms with Crippen LogP contribution < -0.4 is 0 Å². The molecule has 2 aromatic carbocycles. The van der Waals surface area contributed by atoms with E-state index in [-0.39, 0.29) is 6.04 Å². The Labute approximate surface area is 144 Å². The Morgan fingerprint density at radius 3 is 2.38 bits per heavy atom. The van der Waals surface area contributed by atoms with Gasteiger partial charge in [-0.15, -0.1) is 0 Å². The molecule has 0 amide bonds. The number of sulfonamides is 1. The Balaban J connectivity index is 1.94. The minimum absolute atomic E-state index is 0.0498. The van der Waals surface area contributed by atoms with Crippen LogP contribution in [0.5, 0.6) is 0 Å². The topological polar surface area (TPSA) is 40.6 Å². The van der Waals surface area contributed by atoms with Crippen LogP contribution in [0.15, 0.2) is 54.6 Å². The average Bonchev–Trinajstić information content (AvgIpc) is 2.98. The smallest absolute Gasteiger partial charge is 0.211 e. The van der Waals surface area contributed by atoms with E-state index in [1.54, 1.807) is 4.31 Å². The molecule has 4 nitrogen and oxygen atoms in total. The van der Waals surface area contributed by atoms with Crippen LogP contribution in [0.2, 0.25) is 0 Å². The molecular formula is C19H24N2O2S. The van der Waals surface area contributed by atoms with Crippen molar-refractivity contribution in [2.45, 2.75) is 19.0 Å². The van der Waals surface area contributed by atoms with Crippen molar-refractivity contribution in [3.05, 3.63) is 60.2 Å². The van der Waals surface area contributed by atoms with Gasteiger partial charge in [0.25, 0.3) is 0 Å². The van der Waals surface area contributed by atoms with Crippen LogP contribution in [-0.2, 0) is 16.6 Å². The lowest BCUT2D eigenvalue weighted by atomic mass is 9.99. The summed E-state index contributed by atoms with van der Waals surface area (Å²) >= 11 is 0. The summed E-state index contributed by atoms with van der Waals surface area (Å²) in [6.07, 6.45) is 2.20. The summed E-state index contributed by atoms with van der Waals surface area (Å²) in [6.45, 7) is 2.15. The highest BCUT2D eigenvalue weighted by Gasteiger charge is 2.31. The van der Waals surface area contributed by atoms with Crippen molar-refractivity contribution >= 4 is 10.0 Å². The Morgan fingerprint density at radius 1 is 1.08 bits per heavy atom. The minimum Gasteiger partial charge on any atom is -0.305 e. The van der Waals surface area contributed by atoms with Crippen LogP contribution in [0.4, 0.5) is 0 Å². The minimum atomic E-state index is -3.26. The van der Waals surface area contributed by atoms with Gasteiger partial charge in [0.2, 0.25) is 10.0 Å². The van der Waals surface area contributed by atoms with Crippen molar-refractivity contribution in [2.24, 2.45) is 0 Å². The van der Waals surface area contributed by atoms with Gasteiger partial charge in [0, 0.05) is 19.1 Å². The maximum absolute atomic E-state index is 12.4. The average molecular weight is 344 g/mol. The maximum atomic E-state index is 12.4. The number of benzene rings is 2. The van der Waals surface area contributed by atoms with Crippen molar-refractivity contribution in [3.63, 3.8) is 0 Å². The number of likely N-dealkylation sites (N-methyl/N-ethyl adjacent to an activating group) is 1. The molecule has 1 saturated heterocycles. The van der Waals surface area contributed by atoms with E-state index in [1.807, 2.05) is 43.4 Å². The van der Waals surface area contributed by atoms with E-state index < -0.39 is 10.0 Å². The fraction of sp³-hybridized carbons (Fsp3) is 0.368.